The lowest BCUT2D eigenvalue weighted by Gasteiger charge is -2.03. The van der Waals surface area contributed by atoms with Crippen LogP contribution < -0.4 is 5.73 Å². The van der Waals surface area contributed by atoms with E-state index in [1.54, 1.807) is 18.2 Å². The predicted octanol–water partition coefficient (Wildman–Crippen LogP) is 2.63. The molecule has 0 saturated carbocycles. The van der Waals surface area contributed by atoms with Gasteiger partial charge in [0, 0.05) is 6.20 Å². The van der Waals surface area contributed by atoms with Crippen LogP contribution in [0.2, 0.25) is 0 Å². The van der Waals surface area contributed by atoms with Crippen molar-refractivity contribution in [1.29, 1.82) is 0 Å². The highest BCUT2D eigenvalue weighted by atomic mass is 79.9. The van der Waals surface area contributed by atoms with Crippen molar-refractivity contribution in [3.63, 3.8) is 0 Å². The first-order valence-electron chi connectivity index (χ1n) is 4.21. The quantitative estimate of drug-likeness (QED) is 0.864. The van der Waals surface area contributed by atoms with E-state index in [-0.39, 0.29) is 11.6 Å². The summed E-state index contributed by atoms with van der Waals surface area (Å²) in [5.74, 6) is 0.219. The first-order chi connectivity index (χ1) is 7.18. The third-order valence-corrected chi connectivity index (χ3v) is 2.50. The average Bonchev–Trinajstić information content (AvgIpc) is 2.23. The largest absolute Gasteiger partial charge is 0.383 e. The van der Waals surface area contributed by atoms with Crippen LogP contribution in [0, 0.1) is 5.82 Å². The van der Waals surface area contributed by atoms with Crippen LogP contribution in [-0.4, -0.2) is 9.97 Å². The molecule has 0 bridgehead atoms. The van der Waals surface area contributed by atoms with Crippen LogP contribution in [0.1, 0.15) is 0 Å². The molecule has 1 heterocycles. The standard InChI is InChI=1S/C10H7BrFN3/c11-7-5-14-10(15-9(7)13)6-3-1-2-4-8(6)12/h1-5H,(H2,13,14,15). The lowest BCUT2D eigenvalue weighted by atomic mass is 10.2. The summed E-state index contributed by atoms with van der Waals surface area (Å²) in [4.78, 5) is 7.98. The highest BCUT2D eigenvalue weighted by Crippen LogP contribution is 2.22. The van der Waals surface area contributed by atoms with E-state index in [4.69, 9.17) is 5.73 Å². The van der Waals surface area contributed by atoms with Crippen molar-refractivity contribution in [2.24, 2.45) is 0 Å². The van der Waals surface area contributed by atoms with Gasteiger partial charge in [-0.3, -0.25) is 0 Å². The first kappa shape index (κ1) is 10.0. The van der Waals surface area contributed by atoms with E-state index in [0.29, 0.717) is 15.9 Å². The average molecular weight is 268 g/mol. The molecule has 1 aromatic carbocycles. The Balaban J connectivity index is 2.55. The SMILES string of the molecule is Nc1nc(-c2ccccc2F)ncc1Br. The zero-order valence-corrected chi connectivity index (χ0v) is 9.20. The molecule has 2 N–H and O–H groups in total. The monoisotopic (exact) mass is 267 g/mol. The second kappa shape index (κ2) is 3.94. The van der Waals surface area contributed by atoms with Crippen molar-refractivity contribution in [3.8, 4) is 11.4 Å². The van der Waals surface area contributed by atoms with Crippen molar-refractivity contribution >= 4 is 21.7 Å². The molecule has 0 saturated heterocycles. The van der Waals surface area contributed by atoms with Gasteiger partial charge < -0.3 is 5.73 Å². The van der Waals surface area contributed by atoms with Gasteiger partial charge in [0.05, 0.1) is 10.0 Å². The molecular weight excluding hydrogens is 261 g/mol. The summed E-state index contributed by atoms with van der Waals surface area (Å²) in [5.41, 5.74) is 5.93. The normalized spacial score (nSPS) is 10.3. The van der Waals surface area contributed by atoms with E-state index in [1.165, 1.54) is 12.3 Å². The Bertz CT molecular complexity index is 502. The molecular formula is C10H7BrFN3. The number of rotatable bonds is 1. The van der Waals surface area contributed by atoms with E-state index in [1.807, 2.05) is 0 Å². The van der Waals surface area contributed by atoms with E-state index in [9.17, 15) is 4.39 Å². The van der Waals surface area contributed by atoms with Gasteiger partial charge in [-0.15, -0.1) is 0 Å². The van der Waals surface area contributed by atoms with Crippen LogP contribution in [0.3, 0.4) is 0 Å². The van der Waals surface area contributed by atoms with Crippen molar-refractivity contribution in [1.82, 2.24) is 9.97 Å². The van der Waals surface area contributed by atoms with Crippen LogP contribution >= 0.6 is 15.9 Å². The third kappa shape index (κ3) is 1.97. The maximum atomic E-state index is 13.4. The van der Waals surface area contributed by atoms with E-state index >= 15 is 0 Å². The second-order valence-electron chi connectivity index (χ2n) is 2.91. The summed E-state index contributed by atoms with van der Waals surface area (Å²) in [6.45, 7) is 0. The number of halogens is 2. The molecule has 2 rings (SSSR count). The predicted molar refractivity (Wildman–Crippen MR) is 59.5 cm³/mol. The lowest BCUT2D eigenvalue weighted by molar-refractivity contribution is 0.630. The molecule has 0 atom stereocenters. The molecule has 0 radical (unpaired) electrons. The minimum absolute atomic E-state index is 0.286. The van der Waals surface area contributed by atoms with Crippen LogP contribution in [0.5, 0.6) is 0 Å². The van der Waals surface area contributed by atoms with Crippen molar-refractivity contribution < 1.29 is 4.39 Å². The summed E-state index contributed by atoms with van der Waals surface area (Å²) in [7, 11) is 0. The summed E-state index contributed by atoms with van der Waals surface area (Å²) in [5, 5.41) is 0. The Morgan fingerprint density at radius 1 is 1.27 bits per heavy atom. The van der Waals surface area contributed by atoms with Gasteiger partial charge in [-0.1, -0.05) is 12.1 Å². The first-order valence-corrected chi connectivity index (χ1v) is 5.00. The van der Waals surface area contributed by atoms with Gasteiger partial charge in [0.1, 0.15) is 11.6 Å². The molecule has 15 heavy (non-hydrogen) atoms. The fourth-order valence-electron chi connectivity index (χ4n) is 1.15. The Morgan fingerprint density at radius 3 is 2.67 bits per heavy atom. The maximum Gasteiger partial charge on any atom is 0.164 e. The van der Waals surface area contributed by atoms with Gasteiger partial charge in [-0.05, 0) is 28.1 Å². The van der Waals surface area contributed by atoms with Crippen LogP contribution in [0.25, 0.3) is 11.4 Å². The van der Waals surface area contributed by atoms with Gasteiger partial charge >= 0.3 is 0 Å². The van der Waals surface area contributed by atoms with Gasteiger partial charge in [0.15, 0.2) is 5.82 Å². The summed E-state index contributed by atoms with van der Waals surface area (Å²) >= 11 is 3.18. The van der Waals surface area contributed by atoms with Crippen molar-refractivity contribution in [3.05, 3.63) is 40.8 Å². The zero-order chi connectivity index (χ0) is 10.8. The van der Waals surface area contributed by atoms with E-state index in [2.05, 4.69) is 25.9 Å². The minimum atomic E-state index is -0.362. The van der Waals surface area contributed by atoms with E-state index < -0.39 is 0 Å². The second-order valence-corrected chi connectivity index (χ2v) is 3.76. The van der Waals surface area contributed by atoms with Gasteiger partial charge in [-0.2, -0.15) is 0 Å². The fourth-order valence-corrected chi connectivity index (χ4v) is 1.34. The van der Waals surface area contributed by atoms with Crippen molar-refractivity contribution in [2.45, 2.75) is 0 Å². The molecule has 3 nitrogen and oxygen atoms in total. The number of aromatic nitrogens is 2. The number of hydrogen-bond donors (Lipinski definition) is 1. The molecule has 0 spiro atoms. The topological polar surface area (TPSA) is 51.8 Å². The zero-order valence-electron chi connectivity index (χ0n) is 7.61. The molecule has 0 aliphatic carbocycles. The van der Waals surface area contributed by atoms with Gasteiger partial charge in [-0.25, -0.2) is 14.4 Å². The number of nitrogens with two attached hydrogens (primary N) is 1. The number of benzene rings is 1. The molecule has 0 unspecified atom stereocenters. The van der Waals surface area contributed by atoms with Crippen LogP contribution in [0.15, 0.2) is 34.9 Å². The fraction of sp³-hybridized carbons (Fsp3) is 0. The highest BCUT2D eigenvalue weighted by Gasteiger charge is 2.08. The maximum absolute atomic E-state index is 13.4. The number of nitrogens with zero attached hydrogens (tertiary/aromatic N) is 2. The molecule has 0 fully saturated rings. The summed E-state index contributed by atoms with van der Waals surface area (Å²) in [6.07, 6.45) is 1.50. The third-order valence-electron chi connectivity index (χ3n) is 1.89. The van der Waals surface area contributed by atoms with Crippen molar-refractivity contribution in [2.75, 3.05) is 5.73 Å². The minimum Gasteiger partial charge on any atom is -0.383 e. The smallest absolute Gasteiger partial charge is 0.164 e. The van der Waals surface area contributed by atoms with Crippen LogP contribution in [0.4, 0.5) is 10.2 Å². The van der Waals surface area contributed by atoms with Gasteiger partial charge in [0.2, 0.25) is 0 Å². The molecule has 0 aliphatic heterocycles. The molecule has 0 aliphatic rings. The number of nitrogen functional groups attached to an aromatic ring is 1. The molecule has 1 aromatic heterocycles. The Morgan fingerprint density at radius 2 is 2.00 bits per heavy atom. The molecule has 2 aromatic rings. The number of hydrogen-bond acceptors (Lipinski definition) is 3. The highest BCUT2D eigenvalue weighted by molar-refractivity contribution is 9.10. The Kier molecular flexibility index (Phi) is 2.64. The molecule has 0 amide bonds. The van der Waals surface area contributed by atoms with E-state index in [0.717, 1.165) is 0 Å². The Labute approximate surface area is 94.3 Å². The molecule has 5 heteroatoms. The summed E-state index contributed by atoms with van der Waals surface area (Å²) < 4.78 is 14.0. The van der Waals surface area contributed by atoms with Gasteiger partial charge in [0.25, 0.3) is 0 Å². The number of anilines is 1. The summed E-state index contributed by atoms with van der Waals surface area (Å²) in [6, 6.07) is 6.30. The van der Waals surface area contributed by atoms with Crippen LogP contribution in [-0.2, 0) is 0 Å². The lowest BCUT2D eigenvalue weighted by Crippen LogP contribution is -1.97. The Hall–Kier alpha value is -1.49. The molecule has 76 valence electrons.